The fourth-order valence-corrected chi connectivity index (χ4v) is 3.32. The Hall–Kier alpha value is -1.04. The van der Waals surface area contributed by atoms with Crippen molar-refractivity contribution >= 4 is 6.08 Å². The third-order valence-corrected chi connectivity index (χ3v) is 4.65. The van der Waals surface area contributed by atoms with Crippen LogP contribution in [0.3, 0.4) is 0 Å². The predicted molar refractivity (Wildman–Crippen MR) is 74.3 cm³/mol. The molecular weight excluding hydrogens is 204 g/mol. The van der Waals surface area contributed by atoms with E-state index in [0.717, 1.165) is 5.92 Å². The molecule has 2 unspecified atom stereocenters. The van der Waals surface area contributed by atoms with Crippen molar-refractivity contribution in [1.82, 2.24) is 0 Å². The second-order valence-corrected chi connectivity index (χ2v) is 5.73. The molecule has 0 amide bonds. The van der Waals surface area contributed by atoms with Crippen LogP contribution in [0.4, 0.5) is 0 Å². The fraction of sp³-hybridized carbons (Fsp3) is 0.529. The van der Waals surface area contributed by atoms with Gasteiger partial charge in [0.25, 0.3) is 0 Å². The highest BCUT2D eigenvalue weighted by Crippen LogP contribution is 2.39. The van der Waals surface area contributed by atoms with Gasteiger partial charge in [-0.2, -0.15) is 0 Å². The molecule has 17 heavy (non-hydrogen) atoms. The Balaban J connectivity index is 2.01. The average molecular weight is 226 g/mol. The zero-order valence-corrected chi connectivity index (χ0v) is 11.0. The molecule has 2 aliphatic rings. The SMILES string of the molecule is CCC(C)C1C=Cc2cc3c(cc21)CCCC3. The van der Waals surface area contributed by atoms with Crippen LogP contribution in [-0.2, 0) is 12.8 Å². The van der Waals surface area contributed by atoms with E-state index >= 15 is 0 Å². The first-order valence-corrected chi connectivity index (χ1v) is 7.13. The minimum Gasteiger partial charge on any atom is -0.0761 e. The number of rotatable bonds is 2. The molecule has 90 valence electrons. The highest BCUT2D eigenvalue weighted by molar-refractivity contribution is 5.64. The summed E-state index contributed by atoms with van der Waals surface area (Å²) in [5, 5.41) is 0. The van der Waals surface area contributed by atoms with Gasteiger partial charge in [-0.05, 0) is 53.9 Å². The molecule has 0 heterocycles. The van der Waals surface area contributed by atoms with Gasteiger partial charge in [0.05, 0.1) is 0 Å². The standard InChI is InChI=1S/C17H22/c1-3-12(2)16-9-8-15-10-13-6-4-5-7-14(13)11-17(15)16/h8-12,16H,3-7H2,1-2H3. The van der Waals surface area contributed by atoms with E-state index in [9.17, 15) is 0 Å². The Bertz CT molecular complexity index is 453. The monoisotopic (exact) mass is 226 g/mol. The summed E-state index contributed by atoms with van der Waals surface area (Å²) in [4.78, 5) is 0. The Morgan fingerprint density at radius 3 is 2.59 bits per heavy atom. The van der Waals surface area contributed by atoms with Gasteiger partial charge in [0, 0.05) is 5.92 Å². The molecule has 0 N–H and O–H groups in total. The van der Waals surface area contributed by atoms with Crippen molar-refractivity contribution in [1.29, 1.82) is 0 Å². The number of hydrogen-bond donors (Lipinski definition) is 0. The van der Waals surface area contributed by atoms with E-state index in [1.54, 1.807) is 16.7 Å². The molecule has 1 aromatic carbocycles. The van der Waals surface area contributed by atoms with E-state index < -0.39 is 0 Å². The predicted octanol–water partition coefficient (Wildman–Crippen LogP) is 4.72. The highest BCUT2D eigenvalue weighted by atomic mass is 14.3. The first kappa shape index (κ1) is 11.1. The first-order chi connectivity index (χ1) is 8.29. The maximum atomic E-state index is 2.51. The van der Waals surface area contributed by atoms with Crippen molar-refractivity contribution < 1.29 is 0 Å². The molecule has 1 aromatic rings. The van der Waals surface area contributed by atoms with E-state index in [-0.39, 0.29) is 0 Å². The second kappa shape index (κ2) is 4.33. The summed E-state index contributed by atoms with van der Waals surface area (Å²) in [6.45, 7) is 4.68. The summed E-state index contributed by atoms with van der Waals surface area (Å²) in [5.74, 6) is 1.44. The molecule has 0 saturated carbocycles. The molecule has 0 bridgehead atoms. The lowest BCUT2D eigenvalue weighted by molar-refractivity contribution is 0.511. The van der Waals surface area contributed by atoms with E-state index in [2.05, 4.69) is 38.1 Å². The number of hydrogen-bond acceptors (Lipinski definition) is 0. The lowest BCUT2D eigenvalue weighted by atomic mass is 9.83. The Morgan fingerprint density at radius 1 is 1.18 bits per heavy atom. The topological polar surface area (TPSA) is 0 Å². The molecule has 0 aliphatic heterocycles. The molecule has 0 fully saturated rings. The van der Waals surface area contributed by atoms with Gasteiger partial charge in [0.1, 0.15) is 0 Å². The molecule has 3 rings (SSSR count). The molecular formula is C17H22. The quantitative estimate of drug-likeness (QED) is 0.684. The van der Waals surface area contributed by atoms with Crippen LogP contribution in [0.5, 0.6) is 0 Å². The fourth-order valence-electron chi connectivity index (χ4n) is 3.32. The van der Waals surface area contributed by atoms with Crippen LogP contribution in [0, 0.1) is 5.92 Å². The summed E-state index contributed by atoms with van der Waals surface area (Å²) in [5.41, 5.74) is 6.34. The molecule has 0 heteroatoms. The second-order valence-electron chi connectivity index (χ2n) is 5.73. The van der Waals surface area contributed by atoms with Crippen molar-refractivity contribution in [3.63, 3.8) is 0 Å². The smallest absolute Gasteiger partial charge is 0.00528 e. The van der Waals surface area contributed by atoms with Gasteiger partial charge in [-0.25, -0.2) is 0 Å². The molecule has 0 nitrogen and oxygen atoms in total. The minimum absolute atomic E-state index is 0.669. The number of allylic oxidation sites excluding steroid dienone is 1. The molecule has 0 aromatic heterocycles. The van der Waals surface area contributed by atoms with Crippen molar-refractivity contribution in [2.75, 3.05) is 0 Å². The zero-order chi connectivity index (χ0) is 11.8. The summed E-state index contributed by atoms with van der Waals surface area (Å²) < 4.78 is 0. The third-order valence-electron chi connectivity index (χ3n) is 4.65. The van der Waals surface area contributed by atoms with Crippen LogP contribution in [0.1, 0.15) is 61.3 Å². The Kier molecular flexibility index (Phi) is 2.82. The van der Waals surface area contributed by atoms with Gasteiger partial charge in [-0.1, -0.05) is 44.6 Å². The summed E-state index contributed by atoms with van der Waals surface area (Å²) >= 11 is 0. The average Bonchev–Trinajstić information content (AvgIpc) is 2.78. The van der Waals surface area contributed by atoms with Crippen LogP contribution >= 0.6 is 0 Å². The maximum absolute atomic E-state index is 2.51. The van der Waals surface area contributed by atoms with Gasteiger partial charge in [0.2, 0.25) is 0 Å². The Labute approximate surface area is 105 Å². The largest absolute Gasteiger partial charge is 0.0761 e. The number of fused-ring (bicyclic) bond motifs is 2. The van der Waals surface area contributed by atoms with Gasteiger partial charge in [-0.3, -0.25) is 0 Å². The van der Waals surface area contributed by atoms with Crippen molar-refractivity contribution in [2.45, 2.75) is 51.9 Å². The minimum atomic E-state index is 0.669. The number of aryl methyl sites for hydroxylation is 2. The first-order valence-electron chi connectivity index (χ1n) is 7.13. The molecule has 0 spiro atoms. The number of benzene rings is 1. The van der Waals surface area contributed by atoms with Gasteiger partial charge in [-0.15, -0.1) is 0 Å². The highest BCUT2D eigenvalue weighted by Gasteiger charge is 2.24. The Morgan fingerprint density at radius 2 is 1.88 bits per heavy atom. The van der Waals surface area contributed by atoms with E-state index in [1.807, 2.05) is 0 Å². The van der Waals surface area contributed by atoms with Gasteiger partial charge < -0.3 is 0 Å². The molecule has 2 aliphatic carbocycles. The van der Waals surface area contributed by atoms with E-state index in [4.69, 9.17) is 0 Å². The van der Waals surface area contributed by atoms with Gasteiger partial charge in [0.15, 0.2) is 0 Å². The van der Waals surface area contributed by atoms with Crippen molar-refractivity contribution in [2.24, 2.45) is 5.92 Å². The van der Waals surface area contributed by atoms with Crippen molar-refractivity contribution in [3.8, 4) is 0 Å². The summed E-state index contributed by atoms with van der Waals surface area (Å²) in [6, 6.07) is 4.98. The van der Waals surface area contributed by atoms with Crippen LogP contribution < -0.4 is 0 Å². The van der Waals surface area contributed by atoms with E-state index in [0.29, 0.717) is 5.92 Å². The third kappa shape index (κ3) is 1.84. The van der Waals surface area contributed by atoms with Crippen LogP contribution in [-0.4, -0.2) is 0 Å². The summed E-state index contributed by atoms with van der Waals surface area (Å²) in [7, 11) is 0. The lowest BCUT2D eigenvalue weighted by Gasteiger charge is -2.22. The zero-order valence-electron chi connectivity index (χ0n) is 11.0. The maximum Gasteiger partial charge on any atom is 0.00528 e. The van der Waals surface area contributed by atoms with E-state index in [1.165, 1.54) is 37.7 Å². The van der Waals surface area contributed by atoms with Crippen LogP contribution in [0.2, 0.25) is 0 Å². The lowest BCUT2D eigenvalue weighted by Crippen LogP contribution is -2.08. The summed E-state index contributed by atoms with van der Waals surface area (Å²) in [6.07, 6.45) is 11.4. The normalized spacial score (nSPS) is 23.3. The molecule has 0 radical (unpaired) electrons. The van der Waals surface area contributed by atoms with Crippen LogP contribution in [0.15, 0.2) is 18.2 Å². The van der Waals surface area contributed by atoms with Crippen LogP contribution in [0.25, 0.3) is 6.08 Å². The molecule has 2 atom stereocenters. The van der Waals surface area contributed by atoms with Gasteiger partial charge >= 0.3 is 0 Å². The van der Waals surface area contributed by atoms with Crippen molar-refractivity contribution in [3.05, 3.63) is 40.5 Å². The molecule has 0 saturated heterocycles.